The minimum atomic E-state index is -0.901. The van der Waals surface area contributed by atoms with E-state index in [1.54, 1.807) is 24.3 Å². The average molecular weight is 360 g/mol. The van der Waals surface area contributed by atoms with Crippen LogP contribution in [-0.4, -0.2) is 46.6 Å². The van der Waals surface area contributed by atoms with E-state index in [4.69, 9.17) is 14.6 Å². The number of carbonyl (C=O) groups is 2. The number of carbonyl (C=O) groups excluding carboxylic acids is 1. The molecule has 0 fully saturated rings. The Kier molecular flexibility index (Phi) is 10.4. The summed E-state index contributed by atoms with van der Waals surface area (Å²) in [6, 6.07) is 18.5. The van der Waals surface area contributed by atoms with E-state index in [2.05, 4.69) is 0 Å². The molecule has 0 saturated heterocycles. The molecule has 0 heterocycles. The molecule has 140 valence electrons. The zero-order valence-corrected chi connectivity index (χ0v) is 14.4. The van der Waals surface area contributed by atoms with Gasteiger partial charge in [0.15, 0.2) is 0 Å². The summed E-state index contributed by atoms with van der Waals surface area (Å²) in [4.78, 5) is 20.1. The Morgan fingerprint density at radius 3 is 2.00 bits per heavy atom. The van der Waals surface area contributed by atoms with E-state index in [9.17, 15) is 15.0 Å². The predicted molar refractivity (Wildman–Crippen MR) is 96.8 cm³/mol. The van der Waals surface area contributed by atoms with Gasteiger partial charge >= 0.3 is 5.97 Å². The Labute approximate surface area is 152 Å². The third kappa shape index (κ3) is 8.41. The van der Waals surface area contributed by atoms with Gasteiger partial charge in [-0.25, -0.2) is 4.79 Å². The minimum absolute atomic E-state index is 0.0806. The fourth-order valence-corrected chi connectivity index (χ4v) is 2.27. The maximum absolute atomic E-state index is 11.7. The summed E-state index contributed by atoms with van der Waals surface area (Å²) in [7, 11) is 0. The second kappa shape index (κ2) is 12.6. The van der Waals surface area contributed by atoms with Crippen LogP contribution in [0.15, 0.2) is 60.7 Å². The molecule has 2 aromatic rings. The van der Waals surface area contributed by atoms with Gasteiger partial charge in [0.1, 0.15) is 0 Å². The first-order chi connectivity index (χ1) is 12.6. The molecule has 0 aliphatic rings. The van der Waals surface area contributed by atoms with Crippen LogP contribution in [0.3, 0.4) is 0 Å². The average Bonchev–Trinajstić information content (AvgIpc) is 2.68. The molecular weight excluding hydrogens is 336 g/mol. The van der Waals surface area contributed by atoms with Crippen LogP contribution in [0, 0.1) is 0 Å². The maximum Gasteiger partial charge on any atom is 0.338 e. The van der Waals surface area contributed by atoms with Crippen molar-refractivity contribution < 1.29 is 29.6 Å². The van der Waals surface area contributed by atoms with Crippen molar-refractivity contribution in [1.29, 1.82) is 0 Å². The second-order valence-electron chi connectivity index (χ2n) is 5.55. The summed E-state index contributed by atoms with van der Waals surface area (Å²) in [5.74, 6) is -0.420. The molecule has 2 atom stereocenters. The lowest BCUT2D eigenvalue weighted by Gasteiger charge is -2.17. The molecular formula is C20H24O6. The third-order valence-corrected chi connectivity index (χ3v) is 3.67. The smallest absolute Gasteiger partial charge is 0.338 e. The van der Waals surface area contributed by atoms with Gasteiger partial charge in [0.25, 0.3) is 6.47 Å². The lowest BCUT2D eigenvalue weighted by atomic mass is 10.0. The molecule has 6 heteroatoms. The number of aryl methyl sites for hydroxylation is 1. The van der Waals surface area contributed by atoms with Crippen LogP contribution in [-0.2, 0) is 16.0 Å². The monoisotopic (exact) mass is 360 g/mol. The number of benzene rings is 2. The molecule has 6 nitrogen and oxygen atoms in total. The SMILES string of the molecule is O=C(OCCC(O)C(O)CCc1ccccc1)c1ccccc1.O=CO. The zero-order valence-electron chi connectivity index (χ0n) is 14.4. The number of aliphatic hydroxyl groups excluding tert-OH is 2. The molecule has 26 heavy (non-hydrogen) atoms. The van der Waals surface area contributed by atoms with Crippen molar-refractivity contribution in [2.45, 2.75) is 31.5 Å². The molecule has 3 N–H and O–H groups in total. The zero-order chi connectivity index (χ0) is 19.2. The molecule has 2 unspecified atom stereocenters. The highest BCUT2D eigenvalue weighted by Gasteiger charge is 2.17. The molecule has 0 aliphatic carbocycles. The van der Waals surface area contributed by atoms with E-state index < -0.39 is 18.2 Å². The van der Waals surface area contributed by atoms with Gasteiger partial charge in [-0.05, 0) is 30.5 Å². The first kappa shape index (κ1) is 21.3. The summed E-state index contributed by atoms with van der Waals surface area (Å²) < 4.78 is 5.10. The van der Waals surface area contributed by atoms with Gasteiger partial charge in [0.05, 0.1) is 24.4 Å². The molecule has 0 saturated carbocycles. The van der Waals surface area contributed by atoms with E-state index in [1.807, 2.05) is 36.4 Å². The summed E-state index contributed by atoms with van der Waals surface area (Å²) in [5.41, 5.74) is 1.60. The molecule has 0 amide bonds. The highest BCUT2D eigenvalue weighted by Crippen LogP contribution is 2.10. The summed E-state index contributed by atoms with van der Waals surface area (Å²) in [6.07, 6.45) is -0.345. The fraction of sp³-hybridized carbons (Fsp3) is 0.300. The number of carboxylic acid groups (broad SMARTS) is 1. The van der Waals surface area contributed by atoms with Crippen LogP contribution in [0.2, 0.25) is 0 Å². The molecule has 0 aliphatic heterocycles. The third-order valence-electron chi connectivity index (χ3n) is 3.67. The number of aliphatic hydroxyl groups is 2. The Morgan fingerprint density at radius 1 is 0.923 bits per heavy atom. The standard InChI is InChI=1S/C19H22O4.CH2O2/c20-17(12-11-15-7-3-1-4-8-15)18(21)13-14-23-19(22)16-9-5-2-6-10-16;2-1-3/h1-10,17-18,20-21H,11-14H2;1H,(H,2,3). The van der Waals surface area contributed by atoms with E-state index in [1.165, 1.54) is 0 Å². The van der Waals surface area contributed by atoms with Gasteiger partial charge in [-0.2, -0.15) is 0 Å². The summed E-state index contributed by atoms with van der Waals surface area (Å²) in [5, 5.41) is 26.8. The van der Waals surface area contributed by atoms with E-state index in [0.717, 1.165) is 5.56 Å². The lowest BCUT2D eigenvalue weighted by molar-refractivity contribution is -0.122. The van der Waals surface area contributed by atoms with Crippen LogP contribution in [0.1, 0.15) is 28.8 Å². The van der Waals surface area contributed by atoms with Gasteiger partial charge in [-0.1, -0.05) is 48.5 Å². The van der Waals surface area contributed by atoms with Gasteiger partial charge in [-0.3, -0.25) is 4.79 Å². The van der Waals surface area contributed by atoms with E-state index in [0.29, 0.717) is 18.4 Å². The van der Waals surface area contributed by atoms with Crippen LogP contribution >= 0.6 is 0 Å². The summed E-state index contributed by atoms with van der Waals surface area (Å²) >= 11 is 0. The first-order valence-electron chi connectivity index (χ1n) is 8.28. The molecule has 0 radical (unpaired) electrons. The molecule has 0 spiro atoms. The van der Waals surface area contributed by atoms with Crippen LogP contribution in [0.25, 0.3) is 0 Å². The highest BCUT2D eigenvalue weighted by molar-refractivity contribution is 5.89. The van der Waals surface area contributed by atoms with Crippen LogP contribution in [0.5, 0.6) is 0 Å². The van der Waals surface area contributed by atoms with Crippen LogP contribution < -0.4 is 0 Å². The van der Waals surface area contributed by atoms with Crippen molar-refractivity contribution in [3.63, 3.8) is 0 Å². The van der Waals surface area contributed by atoms with E-state index >= 15 is 0 Å². The van der Waals surface area contributed by atoms with Gasteiger partial charge in [0.2, 0.25) is 0 Å². The Morgan fingerprint density at radius 2 is 1.42 bits per heavy atom. The first-order valence-corrected chi connectivity index (χ1v) is 8.28. The molecule has 0 bridgehead atoms. The Balaban J connectivity index is 0.00000105. The number of hydrogen-bond donors (Lipinski definition) is 3. The Bertz CT molecular complexity index is 629. The van der Waals surface area contributed by atoms with Crippen molar-refractivity contribution in [1.82, 2.24) is 0 Å². The molecule has 2 aromatic carbocycles. The van der Waals surface area contributed by atoms with Crippen molar-refractivity contribution in [3.05, 3.63) is 71.8 Å². The lowest BCUT2D eigenvalue weighted by Crippen LogP contribution is -2.28. The summed E-state index contributed by atoms with van der Waals surface area (Å²) in [6.45, 7) is -0.169. The van der Waals surface area contributed by atoms with Gasteiger partial charge < -0.3 is 20.1 Å². The normalized spacial score (nSPS) is 12.2. The maximum atomic E-state index is 11.7. The predicted octanol–water partition coefficient (Wildman–Crippen LogP) is 2.29. The van der Waals surface area contributed by atoms with Crippen molar-refractivity contribution in [3.8, 4) is 0 Å². The van der Waals surface area contributed by atoms with E-state index in [-0.39, 0.29) is 19.5 Å². The van der Waals surface area contributed by atoms with Crippen LogP contribution in [0.4, 0.5) is 0 Å². The van der Waals surface area contributed by atoms with Gasteiger partial charge in [-0.15, -0.1) is 0 Å². The molecule has 0 aromatic heterocycles. The van der Waals surface area contributed by atoms with Gasteiger partial charge in [0, 0.05) is 6.42 Å². The fourth-order valence-electron chi connectivity index (χ4n) is 2.27. The largest absolute Gasteiger partial charge is 0.483 e. The van der Waals surface area contributed by atoms with Crippen molar-refractivity contribution in [2.24, 2.45) is 0 Å². The van der Waals surface area contributed by atoms with Crippen molar-refractivity contribution in [2.75, 3.05) is 6.61 Å². The topological polar surface area (TPSA) is 104 Å². The quantitative estimate of drug-likeness (QED) is 0.493. The number of esters is 1. The number of ether oxygens (including phenoxy) is 1. The Hall–Kier alpha value is -2.70. The minimum Gasteiger partial charge on any atom is -0.483 e. The number of hydrogen-bond acceptors (Lipinski definition) is 5. The highest BCUT2D eigenvalue weighted by atomic mass is 16.5. The second-order valence-corrected chi connectivity index (χ2v) is 5.55. The van der Waals surface area contributed by atoms with Crippen molar-refractivity contribution >= 4 is 12.4 Å². The molecule has 2 rings (SSSR count). The number of rotatable bonds is 8.